The number of carbonyl (C=O) groups excluding carboxylic acids is 1. The number of aliphatic hydroxyl groups excluding tert-OH is 1. The summed E-state index contributed by atoms with van der Waals surface area (Å²) in [5.74, 6) is -0.965. The van der Waals surface area contributed by atoms with Gasteiger partial charge in [-0.05, 0) is 32.1 Å². The van der Waals surface area contributed by atoms with Crippen molar-refractivity contribution in [3.63, 3.8) is 0 Å². The number of allylic oxidation sites excluding steroid dienone is 1. The molecule has 0 spiro atoms. The van der Waals surface area contributed by atoms with E-state index in [1.165, 1.54) is 38.5 Å². The summed E-state index contributed by atoms with van der Waals surface area (Å²) in [5.41, 5.74) is 0. The summed E-state index contributed by atoms with van der Waals surface area (Å²) in [6.07, 6.45) is 17.0. The van der Waals surface area contributed by atoms with Gasteiger partial charge in [-0.1, -0.05) is 70.4 Å². The van der Waals surface area contributed by atoms with E-state index < -0.39 is 5.97 Å². The average Bonchev–Trinajstić information content (AvgIpc) is 2.45. The smallest absolute Gasteiger partial charge is 0.550 e. The zero-order chi connectivity index (χ0) is 15.8. The van der Waals surface area contributed by atoms with E-state index in [2.05, 4.69) is 13.0 Å². The summed E-state index contributed by atoms with van der Waals surface area (Å²) < 4.78 is 0. The van der Waals surface area contributed by atoms with Crippen molar-refractivity contribution in [2.75, 3.05) is 0 Å². The predicted octanol–water partition coefficient (Wildman–Crippen LogP) is 0.749. The van der Waals surface area contributed by atoms with Gasteiger partial charge in [-0.3, -0.25) is 0 Å². The Bertz CT molecular complexity index is 267. The van der Waals surface area contributed by atoms with Gasteiger partial charge in [-0.15, -0.1) is 0 Å². The second kappa shape index (κ2) is 19.2. The summed E-state index contributed by atoms with van der Waals surface area (Å²) in [6, 6.07) is 0. The number of carboxylic acid groups (broad SMARTS) is 1. The minimum Gasteiger partial charge on any atom is -0.550 e. The summed E-state index contributed by atoms with van der Waals surface area (Å²) in [6.45, 7) is 2.23. The summed E-state index contributed by atoms with van der Waals surface area (Å²) in [5, 5.41) is 20.0. The van der Waals surface area contributed by atoms with E-state index in [1.807, 2.05) is 6.08 Å². The topological polar surface area (TPSA) is 60.4 Å². The molecule has 0 amide bonds. The minimum atomic E-state index is -0.965. The van der Waals surface area contributed by atoms with Crippen LogP contribution >= 0.6 is 0 Å². The van der Waals surface area contributed by atoms with Crippen LogP contribution in [0.4, 0.5) is 0 Å². The second-order valence-electron chi connectivity index (χ2n) is 5.88. The second-order valence-corrected chi connectivity index (χ2v) is 5.88. The average molecular weight is 320 g/mol. The van der Waals surface area contributed by atoms with Crippen LogP contribution in [0.5, 0.6) is 0 Å². The Morgan fingerprint density at radius 1 is 1.00 bits per heavy atom. The van der Waals surface area contributed by atoms with Crippen molar-refractivity contribution in [2.45, 2.75) is 96.5 Å². The van der Waals surface area contributed by atoms with Gasteiger partial charge in [-0.2, -0.15) is 0 Å². The van der Waals surface area contributed by atoms with Crippen LogP contribution in [0.3, 0.4) is 0 Å². The third-order valence-corrected chi connectivity index (χ3v) is 3.71. The molecule has 0 heterocycles. The van der Waals surface area contributed by atoms with Crippen LogP contribution < -0.4 is 34.7 Å². The van der Waals surface area contributed by atoms with Crippen LogP contribution in [-0.2, 0) is 4.79 Å². The SMILES string of the molecule is CCCCCCCC/C=C/C(O)CCCCCCC(=O)[O-].[Na+]. The molecule has 0 saturated heterocycles. The first kappa shape index (κ1) is 24.4. The molecule has 0 saturated carbocycles. The predicted molar refractivity (Wildman–Crippen MR) is 85.8 cm³/mol. The van der Waals surface area contributed by atoms with E-state index in [0.717, 1.165) is 32.1 Å². The van der Waals surface area contributed by atoms with Gasteiger partial charge < -0.3 is 15.0 Å². The van der Waals surface area contributed by atoms with Crippen LogP contribution in [0.2, 0.25) is 0 Å². The number of rotatable bonds is 15. The first-order chi connectivity index (χ1) is 10.2. The zero-order valence-electron chi connectivity index (χ0n) is 14.7. The molecule has 0 aromatic rings. The number of aliphatic hydroxyl groups is 1. The van der Waals surface area contributed by atoms with Crippen molar-refractivity contribution < 1.29 is 44.6 Å². The fraction of sp³-hybridized carbons (Fsp3) is 0.833. The maximum absolute atomic E-state index is 10.2. The molecule has 1 unspecified atom stereocenters. The molecule has 1 atom stereocenters. The Morgan fingerprint density at radius 3 is 2.27 bits per heavy atom. The van der Waals surface area contributed by atoms with Gasteiger partial charge in [0.2, 0.25) is 0 Å². The molecule has 0 aliphatic carbocycles. The van der Waals surface area contributed by atoms with Crippen molar-refractivity contribution in [3.05, 3.63) is 12.2 Å². The van der Waals surface area contributed by atoms with Gasteiger partial charge in [0, 0.05) is 5.97 Å². The Morgan fingerprint density at radius 2 is 1.59 bits per heavy atom. The van der Waals surface area contributed by atoms with Gasteiger partial charge in [-0.25, -0.2) is 0 Å². The van der Waals surface area contributed by atoms with Crippen molar-refractivity contribution in [2.24, 2.45) is 0 Å². The van der Waals surface area contributed by atoms with E-state index >= 15 is 0 Å². The molecule has 1 N–H and O–H groups in total. The summed E-state index contributed by atoms with van der Waals surface area (Å²) in [7, 11) is 0. The van der Waals surface area contributed by atoms with E-state index in [4.69, 9.17) is 0 Å². The van der Waals surface area contributed by atoms with Crippen LogP contribution in [0.25, 0.3) is 0 Å². The molecule has 4 heteroatoms. The van der Waals surface area contributed by atoms with Crippen LogP contribution in [0, 0.1) is 0 Å². The van der Waals surface area contributed by atoms with Crippen molar-refractivity contribution in [1.82, 2.24) is 0 Å². The van der Waals surface area contributed by atoms with Crippen LogP contribution in [0.15, 0.2) is 12.2 Å². The molecule has 124 valence electrons. The summed E-state index contributed by atoms with van der Waals surface area (Å²) >= 11 is 0. The molecule has 0 bridgehead atoms. The Kier molecular flexibility index (Phi) is 21.3. The van der Waals surface area contributed by atoms with Gasteiger partial charge in [0.25, 0.3) is 0 Å². The largest absolute Gasteiger partial charge is 1.00 e. The quantitative estimate of drug-likeness (QED) is 0.275. The maximum Gasteiger partial charge on any atom is 1.00 e. The van der Waals surface area contributed by atoms with Gasteiger partial charge in [0.15, 0.2) is 0 Å². The number of unbranched alkanes of at least 4 members (excludes halogenated alkanes) is 9. The molecule has 0 aromatic heterocycles. The molecule has 3 nitrogen and oxygen atoms in total. The Balaban J connectivity index is 0. The van der Waals surface area contributed by atoms with Gasteiger partial charge >= 0.3 is 29.6 Å². The molecular weight excluding hydrogens is 287 g/mol. The van der Waals surface area contributed by atoms with E-state index in [0.29, 0.717) is 6.42 Å². The minimum absolute atomic E-state index is 0. The number of carbonyl (C=O) groups is 1. The molecule has 0 aromatic carbocycles. The Hall–Kier alpha value is 0.170. The van der Waals surface area contributed by atoms with E-state index in [1.54, 1.807) is 0 Å². The third kappa shape index (κ3) is 20.2. The molecule has 0 aliphatic heterocycles. The molecule has 0 fully saturated rings. The molecular formula is C18H33NaO3. The normalized spacial score (nSPS) is 12.3. The van der Waals surface area contributed by atoms with E-state index in [-0.39, 0.29) is 42.1 Å². The van der Waals surface area contributed by atoms with E-state index in [9.17, 15) is 15.0 Å². The summed E-state index contributed by atoms with van der Waals surface area (Å²) in [4.78, 5) is 10.2. The molecule has 0 aliphatic rings. The number of hydrogen-bond donors (Lipinski definition) is 1. The van der Waals surface area contributed by atoms with Crippen LogP contribution in [-0.4, -0.2) is 17.2 Å². The zero-order valence-corrected chi connectivity index (χ0v) is 16.7. The fourth-order valence-electron chi connectivity index (χ4n) is 2.37. The molecule has 22 heavy (non-hydrogen) atoms. The molecule has 0 radical (unpaired) electrons. The van der Waals surface area contributed by atoms with Crippen molar-refractivity contribution in [1.29, 1.82) is 0 Å². The Labute approximate surface area is 158 Å². The number of hydrogen-bond acceptors (Lipinski definition) is 3. The molecule has 0 rings (SSSR count). The number of aliphatic carboxylic acids is 1. The number of carboxylic acids is 1. The first-order valence-electron chi connectivity index (χ1n) is 8.71. The van der Waals surface area contributed by atoms with Crippen LogP contribution in [0.1, 0.15) is 90.4 Å². The van der Waals surface area contributed by atoms with Crippen molar-refractivity contribution >= 4 is 5.97 Å². The van der Waals surface area contributed by atoms with Gasteiger partial charge in [0.1, 0.15) is 0 Å². The van der Waals surface area contributed by atoms with Gasteiger partial charge in [0.05, 0.1) is 6.10 Å². The van der Waals surface area contributed by atoms with Crippen molar-refractivity contribution in [3.8, 4) is 0 Å². The first-order valence-corrected chi connectivity index (χ1v) is 8.71. The standard InChI is InChI=1S/C18H34O3.Na/c1-2-3-4-5-6-7-8-11-14-17(19)15-12-9-10-13-16-18(20)21;/h11,14,17,19H,2-10,12-13,15-16H2,1H3,(H,20,21);/q;+1/p-1/b14-11+;. The monoisotopic (exact) mass is 320 g/mol. The maximum atomic E-state index is 10.2. The third-order valence-electron chi connectivity index (χ3n) is 3.71. The fourth-order valence-corrected chi connectivity index (χ4v) is 2.37.